The first-order valence-corrected chi connectivity index (χ1v) is 7.71. The molecule has 1 aromatic rings. The van der Waals surface area contributed by atoms with E-state index in [1.807, 2.05) is 6.07 Å². The third-order valence-corrected chi connectivity index (χ3v) is 4.04. The maximum atomic E-state index is 12.4. The predicted octanol–water partition coefficient (Wildman–Crippen LogP) is 0.614. The van der Waals surface area contributed by atoms with Crippen LogP contribution in [0.4, 0.5) is 5.69 Å². The lowest BCUT2D eigenvalue weighted by Gasteiger charge is -2.22. The maximum absolute atomic E-state index is 12.4. The largest absolute Gasteiger partial charge is 0.493 e. The molecule has 2 rings (SSSR count). The van der Waals surface area contributed by atoms with Crippen LogP contribution in [-0.2, 0) is 9.59 Å². The van der Waals surface area contributed by atoms with Crippen molar-refractivity contribution in [1.29, 1.82) is 5.26 Å². The molecule has 26 heavy (non-hydrogen) atoms. The summed E-state index contributed by atoms with van der Waals surface area (Å²) in [6.07, 6.45) is 0.171. The molecule has 0 unspecified atom stereocenters. The number of likely N-dealkylation sites (N-methyl/N-ethyl adjacent to an activating group) is 1. The molecule has 9 nitrogen and oxygen atoms in total. The van der Waals surface area contributed by atoms with Gasteiger partial charge in [-0.25, -0.2) is 0 Å². The van der Waals surface area contributed by atoms with Crippen molar-refractivity contribution in [3.8, 4) is 23.3 Å². The summed E-state index contributed by atoms with van der Waals surface area (Å²) in [5.74, 6) is -1.49. The van der Waals surface area contributed by atoms with Crippen LogP contribution in [0.1, 0.15) is 16.8 Å². The molecule has 1 heterocycles. The van der Waals surface area contributed by atoms with E-state index in [1.165, 1.54) is 39.3 Å². The van der Waals surface area contributed by atoms with Crippen LogP contribution in [0.5, 0.6) is 17.2 Å². The topological polar surface area (TPSA) is 109 Å². The fraction of sp³-hybridized carbons (Fsp3) is 0.412. The number of fused-ring (bicyclic) bond motifs is 1. The minimum absolute atomic E-state index is 0.0302. The van der Waals surface area contributed by atoms with E-state index in [0.717, 1.165) is 4.90 Å². The molecule has 0 radical (unpaired) electrons. The van der Waals surface area contributed by atoms with Gasteiger partial charge in [0.25, 0.3) is 11.7 Å². The maximum Gasteiger partial charge on any atom is 0.300 e. The van der Waals surface area contributed by atoms with Gasteiger partial charge in [-0.1, -0.05) is 0 Å². The Hall–Kier alpha value is -3.28. The molecule has 0 N–H and O–H groups in total. The number of ether oxygens (including phenoxy) is 3. The van der Waals surface area contributed by atoms with Gasteiger partial charge in [0.15, 0.2) is 11.5 Å². The zero-order chi connectivity index (χ0) is 19.4. The summed E-state index contributed by atoms with van der Waals surface area (Å²) in [5.41, 5.74) is 0.249. The molecular formula is C17H19N3O6. The summed E-state index contributed by atoms with van der Waals surface area (Å²) >= 11 is 0. The number of hydrogen-bond acceptors (Lipinski definition) is 7. The van der Waals surface area contributed by atoms with E-state index < -0.39 is 17.6 Å². The summed E-state index contributed by atoms with van der Waals surface area (Å²) in [6.45, 7) is -0.106. The summed E-state index contributed by atoms with van der Waals surface area (Å²) in [7, 11) is 5.67. The molecule has 0 saturated heterocycles. The molecule has 0 aliphatic carbocycles. The molecule has 0 aromatic heterocycles. The van der Waals surface area contributed by atoms with Crippen LogP contribution in [-0.4, -0.2) is 64.0 Å². The van der Waals surface area contributed by atoms with Gasteiger partial charge in [-0.05, 0) is 0 Å². The molecule has 1 aliphatic heterocycles. The zero-order valence-corrected chi connectivity index (χ0v) is 15.0. The Morgan fingerprint density at radius 3 is 2.38 bits per heavy atom. The third-order valence-electron chi connectivity index (χ3n) is 4.04. The van der Waals surface area contributed by atoms with Crippen LogP contribution in [0.3, 0.4) is 0 Å². The highest BCUT2D eigenvalue weighted by atomic mass is 16.5. The van der Waals surface area contributed by atoms with E-state index in [9.17, 15) is 14.4 Å². The molecule has 1 aliphatic rings. The molecule has 2 amide bonds. The smallest absolute Gasteiger partial charge is 0.300 e. The number of rotatable bonds is 7. The quantitative estimate of drug-likeness (QED) is 0.655. The van der Waals surface area contributed by atoms with Gasteiger partial charge < -0.3 is 19.1 Å². The molecule has 0 spiro atoms. The average molecular weight is 361 g/mol. The predicted molar refractivity (Wildman–Crippen MR) is 90.6 cm³/mol. The van der Waals surface area contributed by atoms with Crippen molar-refractivity contribution < 1.29 is 28.6 Å². The first kappa shape index (κ1) is 19.1. The Balaban J connectivity index is 2.45. The number of carbonyl (C=O) groups excluding carboxylic acids is 3. The number of Topliss-reactive ketones (excluding diaryl/α,β-unsaturated/α-hetero) is 1. The number of methoxy groups -OCH3 is 3. The molecule has 138 valence electrons. The normalized spacial score (nSPS) is 12.5. The zero-order valence-electron chi connectivity index (χ0n) is 15.0. The summed E-state index contributed by atoms with van der Waals surface area (Å²) in [6, 6.07) is 3.41. The second-order valence-corrected chi connectivity index (χ2v) is 5.48. The van der Waals surface area contributed by atoms with Crippen LogP contribution in [0.15, 0.2) is 6.07 Å². The molecule has 0 saturated carbocycles. The van der Waals surface area contributed by atoms with Gasteiger partial charge in [-0.3, -0.25) is 19.3 Å². The Kier molecular flexibility index (Phi) is 5.67. The van der Waals surface area contributed by atoms with E-state index in [-0.39, 0.29) is 48.0 Å². The fourth-order valence-electron chi connectivity index (χ4n) is 2.67. The molecule has 0 fully saturated rings. The summed E-state index contributed by atoms with van der Waals surface area (Å²) in [5, 5.41) is 8.62. The van der Waals surface area contributed by atoms with Crippen molar-refractivity contribution in [2.45, 2.75) is 6.42 Å². The van der Waals surface area contributed by atoms with Gasteiger partial charge >= 0.3 is 0 Å². The minimum Gasteiger partial charge on any atom is -0.493 e. The number of ketones is 1. The van der Waals surface area contributed by atoms with Gasteiger partial charge in [0.1, 0.15) is 6.54 Å². The van der Waals surface area contributed by atoms with Crippen molar-refractivity contribution in [1.82, 2.24) is 4.90 Å². The minimum atomic E-state index is -0.837. The molecule has 9 heteroatoms. The standard InChI is InChI=1S/C17H19N3O6/c1-19(7-5-6-18)12(21)9-20-10-8-11(24-2)15(25-3)16(26-4)13(10)14(22)17(20)23/h8H,5,7,9H2,1-4H3. The monoisotopic (exact) mass is 361 g/mol. The first-order valence-electron chi connectivity index (χ1n) is 7.71. The second kappa shape index (κ2) is 7.74. The third kappa shape index (κ3) is 3.13. The Labute approximate surface area is 150 Å². The van der Waals surface area contributed by atoms with Crippen LogP contribution in [0, 0.1) is 11.3 Å². The first-order chi connectivity index (χ1) is 12.4. The van der Waals surface area contributed by atoms with Gasteiger partial charge in [0.05, 0.1) is 45.1 Å². The lowest BCUT2D eigenvalue weighted by atomic mass is 10.1. The van der Waals surface area contributed by atoms with Crippen molar-refractivity contribution in [3.63, 3.8) is 0 Å². The molecule has 0 bridgehead atoms. The summed E-state index contributed by atoms with van der Waals surface area (Å²) < 4.78 is 15.7. The second-order valence-electron chi connectivity index (χ2n) is 5.48. The Bertz CT molecular complexity index is 799. The van der Waals surface area contributed by atoms with Crippen LogP contribution in [0.2, 0.25) is 0 Å². The van der Waals surface area contributed by atoms with E-state index in [2.05, 4.69) is 0 Å². The lowest BCUT2D eigenvalue weighted by molar-refractivity contribution is -0.129. The van der Waals surface area contributed by atoms with Gasteiger partial charge in [0, 0.05) is 19.7 Å². The Morgan fingerprint density at radius 2 is 1.85 bits per heavy atom. The average Bonchev–Trinajstić information content (AvgIpc) is 2.88. The van der Waals surface area contributed by atoms with Crippen LogP contribution >= 0.6 is 0 Å². The van der Waals surface area contributed by atoms with Gasteiger partial charge in [0.2, 0.25) is 11.7 Å². The highest BCUT2D eigenvalue weighted by molar-refractivity contribution is 6.53. The summed E-state index contributed by atoms with van der Waals surface area (Å²) in [4.78, 5) is 39.6. The number of amides is 2. The number of nitrogens with zero attached hydrogens (tertiary/aromatic N) is 3. The highest BCUT2D eigenvalue weighted by Gasteiger charge is 2.42. The fourth-order valence-corrected chi connectivity index (χ4v) is 2.67. The van der Waals surface area contributed by atoms with Gasteiger partial charge in [-0.15, -0.1) is 0 Å². The lowest BCUT2D eigenvalue weighted by Crippen LogP contribution is -2.41. The molecule has 0 atom stereocenters. The molecule has 1 aromatic carbocycles. The number of hydrogen-bond donors (Lipinski definition) is 0. The van der Waals surface area contributed by atoms with E-state index >= 15 is 0 Å². The number of benzene rings is 1. The van der Waals surface area contributed by atoms with E-state index in [0.29, 0.717) is 0 Å². The van der Waals surface area contributed by atoms with Crippen molar-refractivity contribution in [3.05, 3.63) is 11.6 Å². The van der Waals surface area contributed by atoms with E-state index in [4.69, 9.17) is 19.5 Å². The van der Waals surface area contributed by atoms with Crippen molar-refractivity contribution >= 4 is 23.3 Å². The van der Waals surface area contributed by atoms with Crippen LogP contribution < -0.4 is 19.1 Å². The van der Waals surface area contributed by atoms with Crippen molar-refractivity contribution in [2.75, 3.05) is 46.4 Å². The number of carbonyl (C=O) groups is 3. The molecular weight excluding hydrogens is 342 g/mol. The van der Waals surface area contributed by atoms with Gasteiger partial charge in [-0.2, -0.15) is 5.26 Å². The number of anilines is 1. The number of nitriles is 1. The van der Waals surface area contributed by atoms with E-state index in [1.54, 1.807) is 0 Å². The highest BCUT2D eigenvalue weighted by Crippen LogP contribution is 2.47. The SMILES string of the molecule is COc1cc2c(c(OC)c1OC)C(=O)C(=O)N2CC(=O)N(C)CCC#N. The Morgan fingerprint density at radius 1 is 1.19 bits per heavy atom. The van der Waals surface area contributed by atoms with Crippen molar-refractivity contribution in [2.24, 2.45) is 0 Å². The van der Waals surface area contributed by atoms with Crippen LogP contribution in [0.25, 0.3) is 0 Å².